The molecule has 3 rings (SSSR count). The van der Waals surface area contributed by atoms with Gasteiger partial charge >= 0.3 is 0 Å². The lowest BCUT2D eigenvalue weighted by Crippen LogP contribution is -2.30. The number of nitrogens with zero attached hydrogens (tertiary/aromatic N) is 3. The number of amides is 1. The van der Waals surface area contributed by atoms with Crippen molar-refractivity contribution in [2.75, 3.05) is 11.2 Å². The monoisotopic (exact) mass is 484 g/mol. The minimum Gasteiger partial charge on any atom is -0.491 e. The van der Waals surface area contributed by atoms with E-state index in [4.69, 9.17) is 10.00 Å². The molecule has 172 valence electrons. The minimum absolute atomic E-state index is 0.0346. The average molecular weight is 485 g/mol. The van der Waals surface area contributed by atoms with Crippen molar-refractivity contribution in [3.8, 4) is 11.8 Å². The van der Waals surface area contributed by atoms with Crippen LogP contribution in [0.25, 0.3) is 0 Å². The van der Waals surface area contributed by atoms with Crippen molar-refractivity contribution < 1.29 is 17.9 Å². The van der Waals surface area contributed by atoms with Crippen LogP contribution in [-0.2, 0) is 16.6 Å². The fourth-order valence-electron chi connectivity index (χ4n) is 3.08. The Morgan fingerprint density at radius 1 is 1.24 bits per heavy atom. The van der Waals surface area contributed by atoms with E-state index in [0.717, 1.165) is 23.3 Å². The molecule has 0 aliphatic rings. The standard InChI is InChI=1S/C23H24N4O4S2/c1-15(2)31-20-7-5-6-18(12-20)14-27(19-10-8-17(13-24)9-11-19)23-25-21(16(3)32-23)22(28)26-33(4,29)30/h5-12,15H,14H2,1-4H3,(H,26,28). The third-order valence-corrected chi connectivity index (χ3v) is 5.98. The number of anilines is 2. The van der Waals surface area contributed by atoms with Gasteiger partial charge in [-0.1, -0.05) is 12.1 Å². The molecule has 0 unspecified atom stereocenters. The number of benzene rings is 2. The van der Waals surface area contributed by atoms with E-state index in [1.165, 1.54) is 11.3 Å². The fraction of sp³-hybridized carbons (Fsp3) is 0.261. The molecule has 0 saturated carbocycles. The molecule has 0 saturated heterocycles. The van der Waals surface area contributed by atoms with Crippen LogP contribution in [0, 0.1) is 18.3 Å². The highest BCUT2D eigenvalue weighted by Gasteiger charge is 2.22. The molecule has 0 bridgehead atoms. The van der Waals surface area contributed by atoms with Crippen LogP contribution >= 0.6 is 11.3 Å². The molecule has 0 atom stereocenters. The van der Waals surface area contributed by atoms with Crippen LogP contribution in [-0.4, -0.2) is 31.7 Å². The van der Waals surface area contributed by atoms with Gasteiger partial charge in [-0.15, -0.1) is 11.3 Å². The lowest BCUT2D eigenvalue weighted by molar-refractivity contribution is 0.0977. The van der Waals surface area contributed by atoms with Gasteiger partial charge in [0.25, 0.3) is 5.91 Å². The number of nitrogens with one attached hydrogen (secondary N) is 1. The Morgan fingerprint density at radius 2 is 1.94 bits per heavy atom. The first kappa shape index (κ1) is 24.2. The third-order valence-electron chi connectivity index (χ3n) is 4.43. The smallest absolute Gasteiger partial charge is 0.284 e. The highest BCUT2D eigenvalue weighted by Crippen LogP contribution is 2.33. The van der Waals surface area contributed by atoms with E-state index in [9.17, 15) is 13.2 Å². The van der Waals surface area contributed by atoms with Gasteiger partial charge in [0, 0.05) is 10.6 Å². The van der Waals surface area contributed by atoms with Gasteiger partial charge in [-0.25, -0.2) is 18.1 Å². The van der Waals surface area contributed by atoms with Crippen LogP contribution in [0.1, 0.15) is 40.3 Å². The summed E-state index contributed by atoms with van der Waals surface area (Å²) in [7, 11) is -3.72. The molecule has 0 radical (unpaired) electrons. The van der Waals surface area contributed by atoms with Crippen LogP contribution in [0.5, 0.6) is 5.75 Å². The summed E-state index contributed by atoms with van der Waals surface area (Å²) in [5.74, 6) is -0.0320. The predicted octanol–water partition coefficient (Wildman–Crippen LogP) is 4.14. The van der Waals surface area contributed by atoms with Crippen molar-refractivity contribution in [1.29, 1.82) is 5.26 Å². The maximum Gasteiger partial charge on any atom is 0.284 e. The van der Waals surface area contributed by atoms with Crippen LogP contribution < -0.4 is 14.4 Å². The van der Waals surface area contributed by atoms with E-state index in [1.54, 1.807) is 31.2 Å². The molecule has 0 fully saturated rings. The Kier molecular flexibility index (Phi) is 7.36. The van der Waals surface area contributed by atoms with Crippen LogP contribution in [0.4, 0.5) is 10.8 Å². The number of sulfonamides is 1. The van der Waals surface area contributed by atoms with Gasteiger partial charge in [0.05, 0.1) is 30.5 Å². The topological polar surface area (TPSA) is 112 Å². The molecule has 1 N–H and O–H groups in total. The van der Waals surface area contributed by atoms with E-state index in [1.807, 2.05) is 47.7 Å². The number of aryl methyl sites for hydroxylation is 1. The number of aromatic nitrogens is 1. The van der Waals surface area contributed by atoms with Gasteiger partial charge in [-0.3, -0.25) is 4.79 Å². The van der Waals surface area contributed by atoms with Gasteiger partial charge in [-0.2, -0.15) is 5.26 Å². The average Bonchev–Trinajstić information content (AvgIpc) is 3.12. The summed E-state index contributed by atoms with van der Waals surface area (Å²) in [6, 6.07) is 16.8. The molecule has 0 spiro atoms. The van der Waals surface area contributed by atoms with Crippen molar-refractivity contribution in [2.24, 2.45) is 0 Å². The number of nitriles is 1. The molecule has 1 heterocycles. The molecule has 8 nitrogen and oxygen atoms in total. The summed E-state index contributed by atoms with van der Waals surface area (Å²) in [4.78, 5) is 19.4. The number of hydrogen-bond donors (Lipinski definition) is 1. The van der Waals surface area contributed by atoms with E-state index < -0.39 is 15.9 Å². The molecule has 10 heteroatoms. The van der Waals surface area contributed by atoms with Gasteiger partial charge < -0.3 is 9.64 Å². The summed E-state index contributed by atoms with van der Waals surface area (Å²) in [5.41, 5.74) is 2.30. The number of carbonyl (C=O) groups excluding carboxylic acids is 1. The Bertz CT molecular complexity index is 1290. The number of ether oxygens (including phenoxy) is 1. The lowest BCUT2D eigenvalue weighted by Gasteiger charge is -2.23. The zero-order chi connectivity index (χ0) is 24.2. The van der Waals surface area contributed by atoms with Crippen molar-refractivity contribution in [3.05, 3.63) is 70.2 Å². The Labute approximate surface area is 197 Å². The van der Waals surface area contributed by atoms with Gasteiger partial charge in [0.2, 0.25) is 10.0 Å². The minimum atomic E-state index is -3.72. The molecule has 1 aromatic heterocycles. The molecule has 3 aromatic rings. The number of hydrogen-bond acceptors (Lipinski definition) is 8. The fourth-order valence-corrected chi connectivity index (χ4v) is 4.44. The zero-order valence-corrected chi connectivity index (χ0v) is 20.3. The molecule has 1 amide bonds. The first-order valence-electron chi connectivity index (χ1n) is 10.1. The summed E-state index contributed by atoms with van der Waals surface area (Å²) in [6.45, 7) is 6.04. The molecule has 2 aromatic carbocycles. The molecular formula is C23H24N4O4S2. The Morgan fingerprint density at radius 3 is 2.55 bits per heavy atom. The van der Waals surface area contributed by atoms with Gasteiger partial charge in [0.1, 0.15) is 11.4 Å². The number of rotatable bonds is 8. The summed E-state index contributed by atoms with van der Waals surface area (Å²) < 4.78 is 30.8. The molecule has 0 aliphatic carbocycles. The molecular weight excluding hydrogens is 460 g/mol. The third kappa shape index (κ3) is 6.54. The zero-order valence-electron chi connectivity index (χ0n) is 18.7. The first-order valence-corrected chi connectivity index (χ1v) is 12.8. The van der Waals surface area contributed by atoms with Gasteiger partial charge in [-0.05, 0) is 62.7 Å². The highest BCUT2D eigenvalue weighted by molar-refractivity contribution is 7.89. The van der Waals surface area contributed by atoms with E-state index >= 15 is 0 Å². The Balaban J connectivity index is 2.00. The van der Waals surface area contributed by atoms with Gasteiger partial charge in [0.15, 0.2) is 5.13 Å². The second-order valence-corrected chi connectivity index (χ2v) is 10.6. The largest absolute Gasteiger partial charge is 0.491 e. The van der Waals surface area contributed by atoms with E-state index in [0.29, 0.717) is 22.1 Å². The van der Waals surface area contributed by atoms with Crippen LogP contribution in [0.15, 0.2) is 48.5 Å². The normalized spacial score (nSPS) is 11.2. The van der Waals surface area contributed by atoms with Crippen molar-refractivity contribution in [2.45, 2.75) is 33.4 Å². The second-order valence-electron chi connectivity index (χ2n) is 7.66. The van der Waals surface area contributed by atoms with Crippen LogP contribution in [0.3, 0.4) is 0 Å². The van der Waals surface area contributed by atoms with Crippen molar-refractivity contribution >= 4 is 38.1 Å². The molecule has 0 aliphatic heterocycles. The Hall–Kier alpha value is -3.42. The lowest BCUT2D eigenvalue weighted by atomic mass is 10.1. The second kappa shape index (κ2) is 10.0. The maximum absolute atomic E-state index is 12.4. The highest BCUT2D eigenvalue weighted by atomic mass is 32.2. The van der Waals surface area contributed by atoms with E-state index in [-0.39, 0.29) is 11.8 Å². The number of carbonyl (C=O) groups is 1. The predicted molar refractivity (Wildman–Crippen MR) is 128 cm³/mol. The SMILES string of the molecule is Cc1sc(N(Cc2cccc(OC(C)C)c2)c2ccc(C#N)cc2)nc1C(=O)NS(C)(=O)=O. The van der Waals surface area contributed by atoms with Crippen LogP contribution in [0.2, 0.25) is 0 Å². The quantitative estimate of drug-likeness (QED) is 0.511. The van der Waals surface area contributed by atoms with Crippen molar-refractivity contribution in [1.82, 2.24) is 9.71 Å². The first-order chi connectivity index (χ1) is 15.6. The van der Waals surface area contributed by atoms with Crippen molar-refractivity contribution in [3.63, 3.8) is 0 Å². The maximum atomic E-state index is 12.4. The summed E-state index contributed by atoms with van der Waals surface area (Å²) in [5, 5.41) is 9.65. The van der Waals surface area contributed by atoms with E-state index in [2.05, 4.69) is 11.1 Å². The summed E-state index contributed by atoms with van der Waals surface area (Å²) >= 11 is 1.28. The summed E-state index contributed by atoms with van der Waals surface area (Å²) in [6.07, 6.45) is 0.954. The molecule has 33 heavy (non-hydrogen) atoms. The number of thiazole rings is 1.